The van der Waals surface area contributed by atoms with Crippen LogP contribution in [0.25, 0.3) is 11.0 Å². The summed E-state index contributed by atoms with van der Waals surface area (Å²) in [7, 11) is 1.50. The van der Waals surface area contributed by atoms with Gasteiger partial charge in [-0.05, 0) is 34.8 Å². The highest BCUT2D eigenvalue weighted by atomic mass is 79.9. The Morgan fingerprint density at radius 1 is 1.43 bits per heavy atom. The Bertz CT molecular complexity index is 1110. The molecule has 1 aliphatic heterocycles. The molecule has 146 valence electrons. The van der Waals surface area contributed by atoms with E-state index in [2.05, 4.69) is 41.2 Å². The van der Waals surface area contributed by atoms with Gasteiger partial charge in [0, 0.05) is 44.6 Å². The number of nitrogens with one attached hydrogen (secondary N) is 2. The van der Waals surface area contributed by atoms with Gasteiger partial charge in [0.15, 0.2) is 0 Å². The van der Waals surface area contributed by atoms with Crippen molar-refractivity contribution in [2.45, 2.75) is 18.9 Å². The molecular weight excluding hydrogens is 426 g/mol. The number of amides is 1. The molecule has 1 atom stereocenters. The molecule has 4 heterocycles. The smallest absolute Gasteiger partial charge is 0.276 e. The summed E-state index contributed by atoms with van der Waals surface area (Å²) in [6.45, 7) is 1.62. The van der Waals surface area contributed by atoms with Crippen molar-refractivity contribution in [2.75, 3.05) is 23.3 Å². The molecule has 9 nitrogen and oxygen atoms in total. The zero-order valence-electron chi connectivity index (χ0n) is 15.3. The Morgan fingerprint density at radius 3 is 3.00 bits per heavy atom. The molecule has 1 aliphatic rings. The Balaban J connectivity index is 1.73. The standard InChI is InChI=1S/C18H20BrN7O2/c1-25-14(27)5-4-12(24-25)18(28)23-13-8-22-17-15(13)16(11(19)7-21-17)26-6-2-3-10(20)9-26/h4-5,7-8,10H,2-3,6,9,20H2,1H3,(H,21,22)(H,23,28). The number of H-pyrrole nitrogens is 1. The van der Waals surface area contributed by atoms with Crippen LogP contribution >= 0.6 is 15.9 Å². The van der Waals surface area contributed by atoms with Gasteiger partial charge in [-0.1, -0.05) is 0 Å². The second kappa shape index (κ2) is 7.36. The lowest BCUT2D eigenvalue weighted by Crippen LogP contribution is -2.43. The van der Waals surface area contributed by atoms with E-state index in [1.165, 1.54) is 19.2 Å². The quantitative estimate of drug-likeness (QED) is 0.562. The number of rotatable bonds is 3. The minimum Gasteiger partial charge on any atom is -0.368 e. The van der Waals surface area contributed by atoms with Crippen LogP contribution < -0.4 is 21.5 Å². The predicted molar refractivity (Wildman–Crippen MR) is 111 cm³/mol. The number of aryl methyl sites for hydroxylation is 1. The molecule has 1 unspecified atom stereocenters. The lowest BCUT2D eigenvalue weighted by Gasteiger charge is -2.33. The van der Waals surface area contributed by atoms with Crippen LogP contribution in [0, 0.1) is 0 Å². The summed E-state index contributed by atoms with van der Waals surface area (Å²) in [6.07, 6.45) is 5.45. The van der Waals surface area contributed by atoms with Crippen LogP contribution in [0.3, 0.4) is 0 Å². The number of anilines is 2. The molecule has 0 bridgehead atoms. The minimum absolute atomic E-state index is 0.107. The number of halogens is 1. The first-order valence-electron chi connectivity index (χ1n) is 8.96. The highest BCUT2D eigenvalue weighted by Gasteiger charge is 2.24. The predicted octanol–water partition coefficient (Wildman–Crippen LogP) is 1.60. The zero-order chi connectivity index (χ0) is 19.8. The number of carbonyl (C=O) groups excluding carboxylic acids is 1. The number of hydrogen-bond donors (Lipinski definition) is 3. The molecule has 0 aromatic carbocycles. The third-order valence-electron chi connectivity index (χ3n) is 4.84. The molecule has 0 spiro atoms. The Labute approximate surface area is 169 Å². The summed E-state index contributed by atoms with van der Waals surface area (Å²) in [5.41, 5.74) is 8.26. The van der Waals surface area contributed by atoms with Crippen molar-refractivity contribution in [1.82, 2.24) is 19.7 Å². The summed E-state index contributed by atoms with van der Waals surface area (Å²) in [6, 6.07) is 2.83. The van der Waals surface area contributed by atoms with Crippen LogP contribution in [0.5, 0.6) is 0 Å². The Hall–Kier alpha value is -2.72. The number of fused-ring (bicyclic) bond motifs is 1. The maximum absolute atomic E-state index is 12.7. The number of hydrogen-bond acceptors (Lipinski definition) is 6. The van der Waals surface area contributed by atoms with Crippen molar-refractivity contribution in [1.29, 1.82) is 0 Å². The third-order valence-corrected chi connectivity index (χ3v) is 5.43. The van der Waals surface area contributed by atoms with Crippen molar-refractivity contribution in [2.24, 2.45) is 12.8 Å². The second-order valence-electron chi connectivity index (χ2n) is 6.86. The topological polar surface area (TPSA) is 122 Å². The fourth-order valence-electron chi connectivity index (χ4n) is 3.49. The molecular formula is C18H20BrN7O2. The summed E-state index contributed by atoms with van der Waals surface area (Å²) in [5.74, 6) is -0.405. The molecule has 1 saturated heterocycles. The van der Waals surface area contributed by atoms with Crippen molar-refractivity contribution < 1.29 is 4.79 Å². The molecule has 3 aromatic heterocycles. The van der Waals surface area contributed by atoms with E-state index in [-0.39, 0.29) is 17.3 Å². The number of nitrogens with two attached hydrogens (primary N) is 1. The summed E-state index contributed by atoms with van der Waals surface area (Å²) in [4.78, 5) is 33.9. The molecule has 0 radical (unpaired) electrons. The number of nitrogens with zero attached hydrogens (tertiary/aromatic N) is 4. The molecule has 4 N–H and O–H groups in total. The maximum atomic E-state index is 12.7. The summed E-state index contributed by atoms with van der Waals surface area (Å²) in [5, 5.41) is 7.69. The third kappa shape index (κ3) is 3.40. The first-order valence-corrected chi connectivity index (χ1v) is 9.75. The summed E-state index contributed by atoms with van der Waals surface area (Å²) < 4.78 is 1.97. The van der Waals surface area contributed by atoms with E-state index in [4.69, 9.17) is 5.73 Å². The monoisotopic (exact) mass is 445 g/mol. The van der Waals surface area contributed by atoms with Crippen LogP contribution in [-0.4, -0.2) is 44.8 Å². The van der Waals surface area contributed by atoms with E-state index in [9.17, 15) is 9.59 Å². The average molecular weight is 446 g/mol. The average Bonchev–Trinajstić information content (AvgIpc) is 3.06. The van der Waals surface area contributed by atoms with Crippen LogP contribution in [0.1, 0.15) is 23.3 Å². The maximum Gasteiger partial charge on any atom is 0.276 e. The molecule has 3 aromatic rings. The lowest BCUT2D eigenvalue weighted by molar-refractivity contribution is 0.102. The van der Waals surface area contributed by atoms with Gasteiger partial charge in [-0.3, -0.25) is 9.59 Å². The number of pyridine rings is 1. The summed E-state index contributed by atoms with van der Waals surface area (Å²) >= 11 is 3.60. The molecule has 10 heteroatoms. The van der Waals surface area contributed by atoms with Crippen LogP contribution in [0.4, 0.5) is 11.4 Å². The molecule has 1 fully saturated rings. The van der Waals surface area contributed by atoms with Crippen LogP contribution in [0.15, 0.2) is 33.8 Å². The van der Waals surface area contributed by atoms with Gasteiger partial charge in [0.2, 0.25) is 0 Å². The lowest BCUT2D eigenvalue weighted by atomic mass is 10.1. The minimum atomic E-state index is -0.405. The number of aromatic amines is 1. The van der Waals surface area contributed by atoms with Gasteiger partial charge >= 0.3 is 0 Å². The van der Waals surface area contributed by atoms with Crippen molar-refractivity contribution in [3.63, 3.8) is 0 Å². The number of aromatic nitrogens is 4. The Morgan fingerprint density at radius 2 is 2.25 bits per heavy atom. The number of piperidine rings is 1. The van der Waals surface area contributed by atoms with Crippen molar-refractivity contribution in [3.8, 4) is 0 Å². The second-order valence-corrected chi connectivity index (χ2v) is 7.72. The molecule has 28 heavy (non-hydrogen) atoms. The number of carbonyl (C=O) groups is 1. The van der Waals surface area contributed by atoms with Gasteiger partial charge in [-0.15, -0.1) is 0 Å². The van der Waals surface area contributed by atoms with E-state index in [1.54, 1.807) is 12.4 Å². The fraction of sp³-hybridized carbons (Fsp3) is 0.333. The molecule has 1 amide bonds. The molecule has 4 rings (SSSR count). The van der Waals surface area contributed by atoms with E-state index in [1.807, 2.05) is 0 Å². The highest BCUT2D eigenvalue weighted by Crippen LogP contribution is 2.38. The van der Waals surface area contributed by atoms with Crippen molar-refractivity contribution in [3.05, 3.63) is 45.0 Å². The Kier molecular flexibility index (Phi) is 4.90. The van der Waals surface area contributed by atoms with Gasteiger partial charge in [-0.2, -0.15) is 5.10 Å². The largest absolute Gasteiger partial charge is 0.368 e. The molecule has 0 aliphatic carbocycles. The van der Waals surface area contributed by atoms with Gasteiger partial charge in [0.05, 0.1) is 21.2 Å². The van der Waals surface area contributed by atoms with E-state index >= 15 is 0 Å². The van der Waals surface area contributed by atoms with Gasteiger partial charge in [-0.25, -0.2) is 9.67 Å². The SMILES string of the molecule is Cn1nc(C(=O)Nc2c[nH]c3ncc(Br)c(N4CCCC(N)C4)c23)ccc1=O. The van der Waals surface area contributed by atoms with Gasteiger partial charge < -0.3 is 20.9 Å². The molecule has 0 saturated carbocycles. The van der Waals surface area contributed by atoms with E-state index < -0.39 is 5.91 Å². The van der Waals surface area contributed by atoms with Gasteiger partial charge in [0.25, 0.3) is 11.5 Å². The van der Waals surface area contributed by atoms with E-state index in [0.29, 0.717) is 11.3 Å². The highest BCUT2D eigenvalue weighted by molar-refractivity contribution is 9.10. The normalized spacial score (nSPS) is 17.1. The van der Waals surface area contributed by atoms with Crippen LogP contribution in [-0.2, 0) is 7.05 Å². The zero-order valence-corrected chi connectivity index (χ0v) is 16.9. The first-order chi connectivity index (χ1) is 13.4. The fourth-order valence-corrected chi connectivity index (χ4v) is 4.04. The first kappa shape index (κ1) is 18.6. The van der Waals surface area contributed by atoms with Crippen molar-refractivity contribution >= 4 is 44.2 Å². The van der Waals surface area contributed by atoms with E-state index in [0.717, 1.165) is 46.2 Å². The van der Waals surface area contributed by atoms with Crippen LogP contribution in [0.2, 0.25) is 0 Å². The van der Waals surface area contributed by atoms with Gasteiger partial charge in [0.1, 0.15) is 11.3 Å².